The summed E-state index contributed by atoms with van der Waals surface area (Å²) in [7, 11) is 0. The van der Waals surface area contributed by atoms with Crippen molar-refractivity contribution in [3.05, 3.63) is 42.2 Å². The van der Waals surface area contributed by atoms with Gasteiger partial charge in [-0.25, -0.2) is 18.7 Å². The normalized spacial score (nSPS) is 10.3. The number of hydrogen-bond acceptors (Lipinski definition) is 4. The zero-order valence-corrected chi connectivity index (χ0v) is 10.4. The molecule has 0 atom stereocenters. The molecule has 0 unspecified atom stereocenters. The van der Waals surface area contributed by atoms with E-state index in [-0.39, 0.29) is 11.6 Å². The average molecular weight is 265 g/mol. The fraction of sp³-hybridized carbons (Fsp3) is 0.231. The number of benzene rings is 1. The van der Waals surface area contributed by atoms with Gasteiger partial charge in [0, 0.05) is 18.7 Å². The highest BCUT2D eigenvalue weighted by Gasteiger charge is 2.08. The molecule has 2 aromatic rings. The molecule has 1 aromatic carbocycles. The summed E-state index contributed by atoms with van der Waals surface area (Å²) in [5.41, 5.74) is 0. The minimum Gasteiger partial charge on any atom is -0.436 e. The standard InChI is InChI=1S/C13H13F2N3O/c1-2-5-16-12-7-13(18-8-17-12)19-11-6-9(14)3-4-10(11)15/h3-4,6-8H,2,5H2,1H3,(H,16,17,18). The Morgan fingerprint density at radius 3 is 2.84 bits per heavy atom. The molecule has 0 aliphatic heterocycles. The van der Waals surface area contributed by atoms with E-state index in [1.807, 2.05) is 6.92 Å². The van der Waals surface area contributed by atoms with Gasteiger partial charge >= 0.3 is 0 Å². The smallest absolute Gasteiger partial charge is 0.224 e. The van der Waals surface area contributed by atoms with Gasteiger partial charge in [-0.2, -0.15) is 0 Å². The van der Waals surface area contributed by atoms with Crippen molar-refractivity contribution in [2.75, 3.05) is 11.9 Å². The molecule has 0 spiro atoms. The number of anilines is 1. The van der Waals surface area contributed by atoms with Crippen LogP contribution in [-0.4, -0.2) is 16.5 Å². The molecular weight excluding hydrogens is 252 g/mol. The van der Waals surface area contributed by atoms with Crippen molar-refractivity contribution in [2.45, 2.75) is 13.3 Å². The predicted molar refractivity (Wildman–Crippen MR) is 67.2 cm³/mol. The summed E-state index contributed by atoms with van der Waals surface area (Å²) in [4.78, 5) is 7.84. The summed E-state index contributed by atoms with van der Waals surface area (Å²) in [6.07, 6.45) is 2.24. The molecule has 0 aliphatic carbocycles. The predicted octanol–water partition coefficient (Wildman–Crippen LogP) is 3.37. The molecule has 100 valence electrons. The molecule has 4 nitrogen and oxygen atoms in total. The van der Waals surface area contributed by atoms with Crippen LogP contribution in [0.1, 0.15) is 13.3 Å². The SMILES string of the molecule is CCCNc1cc(Oc2cc(F)ccc2F)ncn1. The summed E-state index contributed by atoms with van der Waals surface area (Å²) in [5.74, 6) is -0.709. The number of ether oxygens (including phenoxy) is 1. The fourth-order valence-electron chi connectivity index (χ4n) is 1.41. The van der Waals surface area contributed by atoms with Gasteiger partial charge in [-0.15, -0.1) is 0 Å². The van der Waals surface area contributed by atoms with Gasteiger partial charge in [0.2, 0.25) is 5.88 Å². The lowest BCUT2D eigenvalue weighted by Gasteiger charge is -2.07. The Labute approximate surface area is 109 Å². The molecule has 0 bridgehead atoms. The Bertz CT molecular complexity index is 563. The van der Waals surface area contributed by atoms with Crippen LogP contribution in [0.5, 0.6) is 11.6 Å². The second kappa shape index (κ2) is 6.08. The zero-order valence-electron chi connectivity index (χ0n) is 10.4. The third-order valence-corrected chi connectivity index (χ3v) is 2.31. The van der Waals surface area contributed by atoms with Crippen LogP contribution in [0, 0.1) is 11.6 Å². The van der Waals surface area contributed by atoms with Gasteiger partial charge in [0.05, 0.1) is 0 Å². The van der Waals surface area contributed by atoms with Crippen LogP contribution in [0.25, 0.3) is 0 Å². The van der Waals surface area contributed by atoms with E-state index in [9.17, 15) is 8.78 Å². The van der Waals surface area contributed by atoms with E-state index in [1.165, 1.54) is 12.4 Å². The average Bonchev–Trinajstić information content (AvgIpc) is 2.41. The van der Waals surface area contributed by atoms with Gasteiger partial charge in [0.15, 0.2) is 11.6 Å². The third-order valence-electron chi connectivity index (χ3n) is 2.31. The molecule has 0 radical (unpaired) electrons. The maximum atomic E-state index is 13.4. The van der Waals surface area contributed by atoms with Crippen molar-refractivity contribution < 1.29 is 13.5 Å². The first-order valence-corrected chi connectivity index (χ1v) is 5.88. The first-order chi connectivity index (χ1) is 9.19. The van der Waals surface area contributed by atoms with Crippen LogP contribution in [-0.2, 0) is 0 Å². The van der Waals surface area contributed by atoms with E-state index in [4.69, 9.17) is 4.74 Å². The summed E-state index contributed by atoms with van der Waals surface area (Å²) >= 11 is 0. The molecule has 2 rings (SSSR count). The van der Waals surface area contributed by atoms with Gasteiger partial charge in [0.25, 0.3) is 0 Å². The molecule has 0 amide bonds. The number of rotatable bonds is 5. The van der Waals surface area contributed by atoms with Crippen LogP contribution >= 0.6 is 0 Å². The number of aromatic nitrogens is 2. The van der Waals surface area contributed by atoms with Crippen LogP contribution in [0.15, 0.2) is 30.6 Å². The summed E-state index contributed by atoms with van der Waals surface area (Å²) in [6, 6.07) is 4.52. The Morgan fingerprint density at radius 1 is 1.21 bits per heavy atom. The topological polar surface area (TPSA) is 47.0 Å². The fourth-order valence-corrected chi connectivity index (χ4v) is 1.41. The molecule has 1 aromatic heterocycles. The van der Waals surface area contributed by atoms with E-state index in [0.29, 0.717) is 5.82 Å². The quantitative estimate of drug-likeness (QED) is 0.900. The summed E-state index contributed by atoms with van der Waals surface area (Å²) < 4.78 is 31.6. The van der Waals surface area contributed by atoms with Crippen molar-refractivity contribution in [3.8, 4) is 11.6 Å². The van der Waals surface area contributed by atoms with Crippen molar-refractivity contribution in [1.82, 2.24) is 9.97 Å². The van der Waals surface area contributed by atoms with Crippen LogP contribution in [0.4, 0.5) is 14.6 Å². The van der Waals surface area contributed by atoms with E-state index >= 15 is 0 Å². The monoisotopic (exact) mass is 265 g/mol. The Hall–Kier alpha value is -2.24. The molecule has 0 saturated heterocycles. The highest BCUT2D eigenvalue weighted by atomic mass is 19.1. The highest BCUT2D eigenvalue weighted by molar-refractivity contribution is 5.39. The van der Waals surface area contributed by atoms with Crippen molar-refractivity contribution in [1.29, 1.82) is 0 Å². The Balaban J connectivity index is 2.16. The van der Waals surface area contributed by atoms with Crippen molar-refractivity contribution in [3.63, 3.8) is 0 Å². The van der Waals surface area contributed by atoms with Crippen molar-refractivity contribution >= 4 is 5.82 Å². The number of halogens is 2. The lowest BCUT2D eigenvalue weighted by Crippen LogP contribution is -2.02. The lowest BCUT2D eigenvalue weighted by molar-refractivity contribution is 0.422. The number of nitrogens with one attached hydrogen (secondary N) is 1. The maximum absolute atomic E-state index is 13.4. The molecule has 1 heterocycles. The zero-order chi connectivity index (χ0) is 13.7. The molecule has 0 saturated carbocycles. The number of hydrogen-bond donors (Lipinski definition) is 1. The van der Waals surface area contributed by atoms with E-state index in [0.717, 1.165) is 31.2 Å². The van der Waals surface area contributed by atoms with Gasteiger partial charge < -0.3 is 10.1 Å². The molecule has 19 heavy (non-hydrogen) atoms. The molecular formula is C13H13F2N3O. The minimum atomic E-state index is -0.650. The van der Waals surface area contributed by atoms with Gasteiger partial charge in [-0.05, 0) is 18.6 Å². The summed E-state index contributed by atoms with van der Waals surface area (Å²) in [6.45, 7) is 2.78. The number of nitrogens with zero attached hydrogens (tertiary/aromatic N) is 2. The first kappa shape index (κ1) is 13.2. The van der Waals surface area contributed by atoms with Crippen LogP contribution in [0.3, 0.4) is 0 Å². The Kier molecular flexibility index (Phi) is 4.22. The second-order valence-corrected chi connectivity index (χ2v) is 3.85. The largest absolute Gasteiger partial charge is 0.436 e. The van der Waals surface area contributed by atoms with E-state index < -0.39 is 11.6 Å². The third kappa shape index (κ3) is 3.61. The van der Waals surface area contributed by atoms with E-state index in [1.54, 1.807) is 0 Å². The highest BCUT2D eigenvalue weighted by Crippen LogP contribution is 2.24. The van der Waals surface area contributed by atoms with Gasteiger partial charge in [-0.1, -0.05) is 6.92 Å². The first-order valence-electron chi connectivity index (χ1n) is 5.88. The summed E-state index contributed by atoms with van der Waals surface area (Å²) in [5, 5.41) is 3.05. The molecule has 0 fully saturated rings. The molecule has 0 aliphatic rings. The van der Waals surface area contributed by atoms with Gasteiger partial charge in [0.1, 0.15) is 18.0 Å². The Morgan fingerprint density at radius 2 is 2.05 bits per heavy atom. The van der Waals surface area contributed by atoms with Crippen molar-refractivity contribution in [2.24, 2.45) is 0 Å². The lowest BCUT2D eigenvalue weighted by atomic mass is 10.3. The van der Waals surface area contributed by atoms with Crippen LogP contribution in [0.2, 0.25) is 0 Å². The van der Waals surface area contributed by atoms with Crippen LogP contribution < -0.4 is 10.1 Å². The molecule has 6 heteroatoms. The van der Waals surface area contributed by atoms with E-state index in [2.05, 4.69) is 15.3 Å². The molecule has 1 N–H and O–H groups in total. The minimum absolute atomic E-state index is 0.151. The second-order valence-electron chi connectivity index (χ2n) is 3.85. The maximum Gasteiger partial charge on any atom is 0.224 e. The van der Waals surface area contributed by atoms with Gasteiger partial charge in [-0.3, -0.25) is 0 Å².